The van der Waals surface area contributed by atoms with Gasteiger partial charge in [-0.15, -0.1) is 0 Å². The number of rotatable bonds is 6. The smallest absolute Gasteiger partial charge is 0.379 e. The molecule has 0 radical (unpaired) electrons. The van der Waals surface area contributed by atoms with Crippen molar-refractivity contribution < 1.29 is 28.3 Å². The second kappa shape index (κ2) is 9.85. The number of hydrazone groups is 1. The zero-order valence-electron chi connectivity index (χ0n) is 16.8. The molecule has 0 fully saturated rings. The zero-order chi connectivity index (χ0) is 23.1. The molecule has 0 aliphatic heterocycles. The Kier molecular flexibility index (Phi) is 6.76. The molecule has 10 nitrogen and oxygen atoms in total. The van der Waals surface area contributed by atoms with Gasteiger partial charge < -0.3 is 20.2 Å². The molecule has 3 amide bonds. The van der Waals surface area contributed by atoms with Crippen LogP contribution in [0.25, 0.3) is 0 Å². The van der Waals surface area contributed by atoms with Gasteiger partial charge in [0, 0.05) is 16.8 Å². The van der Waals surface area contributed by atoms with Crippen molar-refractivity contribution in [3.63, 3.8) is 0 Å². The average molecular weight is 434 g/mol. The second-order valence-corrected chi connectivity index (χ2v) is 6.40. The predicted octanol–water partition coefficient (Wildman–Crippen LogP) is 2.08. The van der Waals surface area contributed by atoms with E-state index in [4.69, 9.17) is 14.9 Å². The van der Waals surface area contributed by atoms with E-state index in [1.807, 2.05) is 0 Å². The van der Waals surface area contributed by atoms with Gasteiger partial charge in [0.1, 0.15) is 5.75 Å². The third-order valence-corrected chi connectivity index (χ3v) is 4.16. The van der Waals surface area contributed by atoms with Crippen molar-refractivity contribution in [1.29, 1.82) is 0 Å². The summed E-state index contributed by atoms with van der Waals surface area (Å²) < 4.78 is 10.3. The molecule has 0 spiro atoms. The lowest BCUT2D eigenvalue weighted by Crippen LogP contribution is -2.33. The van der Waals surface area contributed by atoms with Crippen molar-refractivity contribution >= 4 is 35.1 Å². The van der Waals surface area contributed by atoms with Gasteiger partial charge in [-0.3, -0.25) is 14.4 Å². The fourth-order valence-corrected chi connectivity index (χ4v) is 2.55. The number of hydrogen-bond acceptors (Lipinski definition) is 7. The summed E-state index contributed by atoms with van der Waals surface area (Å²) in [7, 11) is 0. The Labute approximate surface area is 182 Å². The van der Waals surface area contributed by atoms with E-state index in [0.717, 1.165) is 0 Å². The van der Waals surface area contributed by atoms with Gasteiger partial charge in [0.2, 0.25) is 11.7 Å². The first-order chi connectivity index (χ1) is 15.3. The quantitative estimate of drug-likeness (QED) is 0.177. The maximum absolute atomic E-state index is 12.1. The number of anilines is 1. The average Bonchev–Trinajstić information content (AvgIpc) is 3.33. The van der Waals surface area contributed by atoms with Crippen molar-refractivity contribution in [2.75, 3.05) is 5.32 Å². The van der Waals surface area contributed by atoms with Crippen LogP contribution in [0.15, 0.2) is 76.4 Å². The molecule has 0 bridgehead atoms. The lowest BCUT2D eigenvalue weighted by atomic mass is 10.1. The molecule has 32 heavy (non-hydrogen) atoms. The summed E-state index contributed by atoms with van der Waals surface area (Å²) in [5.41, 5.74) is 8.57. The maximum Gasteiger partial charge on any atom is 0.379 e. The summed E-state index contributed by atoms with van der Waals surface area (Å²) in [6.07, 6.45) is 1.35. The molecule has 0 aliphatic carbocycles. The number of nitrogens with two attached hydrogens (primary N) is 1. The molecule has 0 atom stereocenters. The van der Waals surface area contributed by atoms with Crippen LogP contribution in [0.3, 0.4) is 0 Å². The van der Waals surface area contributed by atoms with Crippen molar-refractivity contribution in [2.24, 2.45) is 10.8 Å². The minimum atomic E-state index is -1.02. The van der Waals surface area contributed by atoms with Crippen molar-refractivity contribution in [2.45, 2.75) is 6.92 Å². The highest BCUT2D eigenvalue weighted by atomic mass is 16.5. The number of primary amides is 1. The first-order valence-electron chi connectivity index (χ1n) is 9.25. The molecular weight excluding hydrogens is 416 g/mol. The summed E-state index contributed by atoms with van der Waals surface area (Å²) in [5, 5.41) is 6.28. The number of hydrogen-bond donors (Lipinski definition) is 3. The molecule has 162 valence electrons. The predicted molar refractivity (Wildman–Crippen MR) is 114 cm³/mol. The third-order valence-electron chi connectivity index (χ3n) is 4.16. The van der Waals surface area contributed by atoms with Crippen molar-refractivity contribution in [3.8, 4) is 5.75 Å². The number of furan rings is 1. The van der Waals surface area contributed by atoms with Gasteiger partial charge in [0.15, 0.2) is 0 Å². The van der Waals surface area contributed by atoms with Crippen LogP contribution in [-0.4, -0.2) is 29.4 Å². The Hall–Kier alpha value is -4.73. The number of nitrogens with one attached hydrogen (secondary N) is 2. The van der Waals surface area contributed by atoms with Crippen LogP contribution in [0.2, 0.25) is 0 Å². The number of para-hydroxylation sites is 1. The molecule has 1 heterocycles. The number of nitrogens with zero attached hydrogens (tertiary/aromatic N) is 1. The fraction of sp³-hybridized carbons (Fsp3) is 0.0455. The van der Waals surface area contributed by atoms with Gasteiger partial charge in [-0.2, -0.15) is 5.10 Å². The number of ether oxygens (including phenoxy) is 1. The van der Waals surface area contributed by atoms with Crippen LogP contribution in [0, 0.1) is 0 Å². The summed E-state index contributed by atoms with van der Waals surface area (Å²) in [5.74, 6) is -3.06. The number of amides is 3. The molecule has 10 heteroatoms. The SMILES string of the molecule is C/C(=N\NC(=O)C(=O)Nc1ccc(C(N)=O)cc1)c1ccccc1OC(=O)c1ccco1. The van der Waals surface area contributed by atoms with Crippen LogP contribution in [-0.2, 0) is 9.59 Å². The highest BCUT2D eigenvalue weighted by Gasteiger charge is 2.17. The van der Waals surface area contributed by atoms with E-state index in [2.05, 4.69) is 15.8 Å². The van der Waals surface area contributed by atoms with Crippen molar-refractivity contribution in [3.05, 3.63) is 83.8 Å². The fourth-order valence-electron chi connectivity index (χ4n) is 2.55. The van der Waals surface area contributed by atoms with Gasteiger partial charge in [-0.05, 0) is 55.5 Å². The topological polar surface area (TPSA) is 153 Å². The molecule has 0 saturated heterocycles. The van der Waals surface area contributed by atoms with Crippen LogP contribution < -0.4 is 21.2 Å². The minimum absolute atomic E-state index is 0.0308. The maximum atomic E-state index is 12.1. The van der Waals surface area contributed by atoms with Crippen LogP contribution in [0.5, 0.6) is 5.75 Å². The molecular formula is C22H18N4O6. The molecule has 0 saturated carbocycles. The summed E-state index contributed by atoms with van der Waals surface area (Å²) >= 11 is 0. The number of esters is 1. The molecule has 1 aromatic heterocycles. The Morgan fingerprint density at radius 3 is 2.31 bits per heavy atom. The zero-order valence-corrected chi connectivity index (χ0v) is 16.8. The van der Waals surface area contributed by atoms with E-state index in [9.17, 15) is 19.2 Å². The largest absolute Gasteiger partial charge is 0.457 e. The van der Waals surface area contributed by atoms with E-state index in [1.54, 1.807) is 37.3 Å². The van der Waals surface area contributed by atoms with E-state index >= 15 is 0 Å². The molecule has 4 N–H and O–H groups in total. The summed E-state index contributed by atoms with van der Waals surface area (Å²) in [6, 6.07) is 15.3. The Bertz CT molecular complexity index is 1180. The Morgan fingerprint density at radius 2 is 1.66 bits per heavy atom. The van der Waals surface area contributed by atoms with Gasteiger partial charge >= 0.3 is 17.8 Å². The third kappa shape index (κ3) is 5.45. The molecule has 0 aliphatic rings. The number of carbonyl (C=O) groups excluding carboxylic acids is 4. The molecule has 0 unspecified atom stereocenters. The van der Waals surface area contributed by atoms with Gasteiger partial charge in [0.25, 0.3) is 0 Å². The summed E-state index contributed by atoms with van der Waals surface area (Å²) in [4.78, 5) is 47.3. The van der Waals surface area contributed by atoms with Gasteiger partial charge in [-0.25, -0.2) is 10.2 Å². The van der Waals surface area contributed by atoms with E-state index in [-0.39, 0.29) is 17.1 Å². The molecule has 3 rings (SSSR count). The van der Waals surface area contributed by atoms with Crippen molar-refractivity contribution in [1.82, 2.24) is 5.43 Å². The number of carbonyl (C=O) groups is 4. The van der Waals surface area contributed by atoms with Gasteiger partial charge in [-0.1, -0.05) is 12.1 Å². The van der Waals surface area contributed by atoms with E-state index in [1.165, 1.54) is 36.6 Å². The minimum Gasteiger partial charge on any atom is -0.457 e. The Morgan fingerprint density at radius 1 is 0.938 bits per heavy atom. The first-order valence-corrected chi connectivity index (χ1v) is 9.25. The lowest BCUT2D eigenvalue weighted by molar-refractivity contribution is -0.136. The lowest BCUT2D eigenvalue weighted by Gasteiger charge is -2.09. The standard InChI is InChI=1S/C22H18N4O6/c1-13(16-5-2-3-6-17(16)32-22(30)18-7-4-12-31-18)25-26-21(29)20(28)24-15-10-8-14(9-11-15)19(23)27/h2-12H,1H3,(H2,23,27)(H,24,28)(H,26,29)/b25-13+. The van der Waals surface area contributed by atoms with Crippen LogP contribution in [0.1, 0.15) is 33.4 Å². The van der Waals surface area contributed by atoms with Crippen LogP contribution >= 0.6 is 0 Å². The highest BCUT2D eigenvalue weighted by molar-refractivity contribution is 6.39. The van der Waals surface area contributed by atoms with Crippen LogP contribution in [0.4, 0.5) is 5.69 Å². The molecule has 3 aromatic rings. The second-order valence-electron chi connectivity index (χ2n) is 6.40. The number of benzene rings is 2. The van der Waals surface area contributed by atoms with E-state index < -0.39 is 23.7 Å². The Balaban J connectivity index is 1.64. The van der Waals surface area contributed by atoms with E-state index in [0.29, 0.717) is 17.0 Å². The normalized spacial score (nSPS) is 10.8. The summed E-state index contributed by atoms with van der Waals surface area (Å²) in [6.45, 7) is 1.57. The van der Waals surface area contributed by atoms with Gasteiger partial charge in [0.05, 0.1) is 12.0 Å². The highest BCUT2D eigenvalue weighted by Crippen LogP contribution is 2.20. The first kappa shape index (κ1) is 22.0. The monoisotopic (exact) mass is 434 g/mol. The molecule has 2 aromatic carbocycles.